The van der Waals surface area contributed by atoms with Crippen LogP contribution in [0.3, 0.4) is 0 Å². The SMILES string of the molecule is CC(CNC(=O)C1CCCC1)c1ccc(F)cc1. The Morgan fingerprint density at radius 3 is 2.56 bits per heavy atom. The van der Waals surface area contributed by atoms with Crippen LogP contribution >= 0.6 is 0 Å². The van der Waals surface area contributed by atoms with Crippen LogP contribution in [0.2, 0.25) is 0 Å². The first-order valence-corrected chi connectivity index (χ1v) is 6.70. The summed E-state index contributed by atoms with van der Waals surface area (Å²) in [6.45, 7) is 2.67. The van der Waals surface area contributed by atoms with Gasteiger partial charge in [0.15, 0.2) is 0 Å². The zero-order chi connectivity index (χ0) is 13.0. The summed E-state index contributed by atoms with van der Waals surface area (Å²) < 4.78 is 12.8. The topological polar surface area (TPSA) is 29.1 Å². The fourth-order valence-corrected chi connectivity index (χ4v) is 2.50. The molecular formula is C15H20FNO. The molecule has 0 aliphatic heterocycles. The molecule has 1 fully saturated rings. The van der Waals surface area contributed by atoms with Crippen LogP contribution in [0.5, 0.6) is 0 Å². The van der Waals surface area contributed by atoms with E-state index in [1.165, 1.54) is 25.0 Å². The molecule has 1 N–H and O–H groups in total. The van der Waals surface area contributed by atoms with Gasteiger partial charge in [-0.1, -0.05) is 31.9 Å². The molecule has 0 heterocycles. The second kappa shape index (κ2) is 5.98. The molecule has 3 heteroatoms. The summed E-state index contributed by atoms with van der Waals surface area (Å²) in [6.07, 6.45) is 4.39. The Bertz CT molecular complexity index is 395. The highest BCUT2D eigenvalue weighted by molar-refractivity contribution is 5.78. The van der Waals surface area contributed by atoms with E-state index in [1.54, 1.807) is 12.1 Å². The van der Waals surface area contributed by atoms with Gasteiger partial charge in [0.25, 0.3) is 0 Å². The predicted octanol–water partition coefficient (Wildman–Crippen LogP) is 3.24. The summed E-state index contributed by atoms with van der Waals surface area (Å²) in [7, 11) is 0. The Labute approximate surface area is 108 Å². The minimum absolute atomic E-state index is 0.182. The monoisotopic (exact) mass is 249 g/mol. The van der Waals surface area contributed by atoms with Gasteiger partial charge >= 0.3 is 0 Å². The van der Waals surface area contributed by atoms with Crippen LogP contribution in [0.4, 0.5) is 4.39 Å². The smallest absolute Gasteiger partial charge is 0.223 e. The second-order valence-electron chi connectivity index (χ2n) is 5.18. The first-order valence-electron chi connectivity index (χ1n) is 6.70. The van der Waals surface area contributed by atoms with Crippen LogP contribution in [-0.2, 0) is 4.79 Å². The predicted molar refractivity (Wildman–Crippen MR) is 69.8 cm³/mol. The molecule has 2 nitrogen and oxygen atoms in total. The summed E-state index contributed by atoms with van der Waals surface area (Å²) in [4.78, 5) is 11.9. The largest absolute Gasteiger partial charge is 0.355 e. The van der Waals surface area contributed by atoms with Crippen LogP contribution < -0.4 is 5.32 Å². The maximum absolute atomic E-state index is 12.8. The fraction of sp³-hybridized carbons (Fsp3) is 0.533. The molecule has 1 aromatic rings. The van der Waals surface area contributed by atoms with E-state index in [0.717, 1.165) is 18.4 Å². The zero-order valence-electron chi connectivity index (χ0n) is 10.8. The van der Waals surface area contributed by atoms with Gasteiger partial charge in [-0.15, -0.1) is 0 Å². The molecule has 1 unspecified atom stereocenters. The average molecular weight is 249 g/mol. The summed E-state index contributed by atoms with van der Waals surface area (Å²) in [5.41, 5.74) is 1.06. The number of halogens is 1. The van der Waals surface area contributed by atoms with Gasteiger partial charge in [-0.3, -0.25) is 4.79 Å². The van der Waals surface area contributed by atoms with Gasteiger partial charge in [-0.2, -0.15) is 0 Å². The minimum atomic E-state index is -0.221. The standard InChI is InChI=1S/C15H20FNO/c1-11(12-6-8-14(16)9-7-12)10-17-15(18)13-4-2-3-5-13/h6-9,11,13H,2-5,10H2,1H3,(H,17,18). The van der Waals surface area contributed by atoms with E-state index in [4.69, 9.17) is 0 Å². The third-order valence-corrected chi connectivity index (χ3v) is 3.75. The quantitative estimate of drug-likeness (QED) is 0.872. The molecule has 1 amide bonds. The Morgan fingerprint density at radius 2 is 1.94 bits per heavy atom. The van der Waals surface area contributed by atoms with Gasteiger partial charge in [0.05, 0.1) is 0 Å². The first-order chi connectivity index (χ1) is 8.66. The Morgan fingerprint density at radius 1 is 1.33 bits per heavy atom. The molecule has 1 aromatic carbocycles. The molecule has 0 radical (unpaired) electrons. The van der Waals surface area contributed by atoms with E-state index >= 15 is 0 Å². The van der Waals surface area contributed by atoms with Crippen LogP contribution in [0.1, 0.15) is 44.1 Å². The molecule has 18 heavy (non-hydrogen) atoms. The van der Waals surface area contributed by atoms with Gasteiger partial charge in [0, 0.05) is 12.5 Å². The van der Waals surface area contributed by atoms with Gasteiger partial charge in [0.1, 0.15) is 5.82 Å². The lowest BCUT2D eigenvalue weighted by molar-refractivity contribution is -0.124. The van der Waals surface area contributed by atoms with Crippen molar-refractivity contribution < 1.29 is 9.18 Å². The van der Waals surface area contributed by atoms with Crippen molar-refractivity contribution >= 4 is 5.91 Å². The lowest BCUT2D eigenvalue weighted by Crippen LogP contribution is -2.32. The number of carbonyl (C=O) groups is 1. The molecule has 1 atom stereocenters. The summed E-state index contributed by atoms with van der Waals surface area (Å²) in [5.74, 6) is 0.392. The normalized spacial score (nSPS) is 17.7. The number of benzene rings is 1. The van der Waals surface area contributed by atoms with Crippen LogP contribution in [0.25, 0.3) is 0 Å². The van der Waals surface area contributed by atoms with Gasteiger partial charge in [-0.25, -0.2) is 4.39 Å². The van der Waals surface area contributed by atoms with Crippen LogP contribution in [-0.4, -0.2) is 12.5 Å². The van der Waals surface area contributed by atoms with Crippen molar-refractivity contribution in [1.29, 1.82) is 0 Å². The Kier molecular flexibility index (Phi) is 4.34. The Hall–Kier alpha value is -1.38. The van der Waals surface area contributed by atoms with E-state index < -0.39 is 0 Å². The minimum Gasteiger partial charge on any atom is -0.355 e. The number of hydrogen-bond acceptors (Lipinski definition) is 1. The maximum Gasteiger partial charge on any atom is 0.223 e. The molecule has 1 aliphatic carbocycles. The van der Waals surface area contributed by atoms with Crippen molar-refractivity contribution in [1.82, 2.24) is 5.32 Å². The van der Waals surface area contributed by atoms with E-state index in [9.17, 15) is 9.18 Å². The lowest BCUT2D eigenvalue weighted by Gasteiger charge is -2.15. The van der Waals surface area contributed by atoms with Crippen LogP contribution in [0, 0.1) is 11.7 Å². The number of amides is 1. The molecule has 0 spiro atoms. The molecule has 2 rings (SSSR count). The van der Waals surface area contributed by atoms with Gasteiger partial charge in [-0.05, 0) is 36.5 Å². The van der Waals surface area contributed by atoms with E-state index in [-0.39, 0.29) is 23.6 Å². The number of nitrogens with one attached hydrogen (secondary N) is 1. The van der Waals surface area contributed by atoms with E-state index in [1.807, 2.05) is 6.92 Å². The number of rotatable bonds is 4. The van der Waals surface area contributed by atoms with Crippen molar-refractivity contribution in [3.05, 3.63) is 35.6 Å². The van der Waals surface area contributed by atoms with Crippen molar-refractivity contribution in [2.45, 2.75) is 38.5 Å². The van der Waals surface area contributed by atoms with Crippen molar-refractivity contribution in [3.8, 4) is 0 Å². The highest BCUT2D eigenvalue weighted by Gasteiger charge is 2.22. The molecular weight excluding hydrogens is 229 g/mol. The lowest BCUT2D eigenvalue weighted by atomic mass is 10.0. The van der Waals surface area contributed by atoms with Gasteiger partial charge < -0.3 is 5.32 Å². The molecule has 1 aliphatic rings. The molecule has 1 saturated carbocycles. The highest BCUT2D eigenvalue weighted by Crippen LogP contribution is 2.25. The molecule has 0 saturated heterocycles. The number of carbonyl (C=O) groups excluding carboxylic acids is 1. The van der Waals surface area contributed by atoms with Gasteiger partial charge in [0.2, 0.25) is 5.91 Å². The first kappa shape index (κ1) is 13.1. The molecule has 0 bridgehead atoms. The van der Waals surface area contributed by atoms with Crippen molar-refractivity contribution in [2.24, 2.45) is 5.92 Å². The summed E-state index contributed by atoms with van der Waals surface area (Å²) in [6, 6.07) is 6.48. The molecule has 98 valence electrons. The van der Waals surface area contributed by atoms with E-state index in [0.29, 0.717) is 6.54 Å². The molecule has 0 aromatic heterocycles. The van der Waals surface area contributed by atoms with E-state index in [2.05, 4.69) is 5.32 Å². The Balaban J connectivity index is 1.82. The highest BCUT2D eigenvalue weighted by atomic mass is 19.1. The third kappa shape index (κ3) is 3.31. The van der Waals surface area contributed by atoms with Crippen LogP contribution in [0.15, 0.2) is 24.3 Å². The second-order valence-corrected chi connectivity index (χ2v) is 5.18. The maximum atomic E-state index is 12.8. The summed E-state index contributed by atoms with van der Waals surface area (Å²) >= 11 is 0. The van der Waals surface area contributed by atoms with Crippen molar-refractivity contribution in [2.75, 3.05) is 6.54 Å². The number of hydrogen-bond donors (Lipinski definition) is 1. The average Bonchev–Trinajstić information content (AvgIpc) is 2.90. The van der Waals surface area contributed by atoms with Crippen molar-refractivity contribution in [3.63, 3.8) is 0 Å². The third-order valence-electron chi connectivity index (χ3n) is 3.75. The summed E-state index contributed by atoms with van der Waals surface area (Å²) in [5, 5.41) is 3.00. The zero-order valence-corrected chi connectivity index (χ0v) is 10.8. The fourth-order valence-electron chi connectivity index (χ4n) is 2.50.